The summed E-state index contributed by atoms with van der Waals surface area (Å²) in [7, 11) is 1.72. The molecule has 0 unspecified atom stereocenters. The number of aryl methyl sites for hydroxylation is 1. The molecule has 2 fully saturated rings. The van der Waals surface area contributed by atoms with Gasteiger partial charge in [-0.15, -0.1) is 0 Å². The summed E-state index contributed by atoms with van der Waals surface area (Å²) in [6.07, 6.45) is 0.902. The number of benzene rings is 1. The van der Waals surface area contributed by atoms with Gasteiger partial charge in [0.15, 0.2) is 0 Å². The van der Waals surface area contributed by atoms with Gasteiger partial charge in [-0.3, -0.25) is 9.59 Å². The van der Waals surface area contributed by atoms with E-state index in [9.17, 15) is 14.4 Å². The SMILES string of the molecule is Cc1nn(CC(=O)N2CCC3(CC2)CN(C)C(=O)O3)c(=O)c2ccccc12. The molecule has 0 N–H and O–H groups in total. The topological polar surface area (TPSA) is 84.7 Å². The predicted octanol–water partition coefficient (Wildman–Crippen LogP) is 1.15. The number of likely N-dealkylation sites (tertiary alicyclic amines) is 1. The van der Waals surface area contributed by atoms with E-state index >= 15 is 0 Å². The summed E-state index contributed by atoms with van der Waals surface area (Å²) in [6, 6.07) is 7.28. The molecule has 0 bridgehead atoms. The van der Waals surface area contributed by atoms with Crippen LogP contribution in [0.2, 0.25) is 0 Å². The molecular weight excluding hydrogens is 348 g/mol. The Kier molecular flexibility index (Phi) is 4.13. The van der Waals surface area contributed by atoms with E-state index in [1.54, 1.807) is 29.0 Å². The lowest BCUT2D eigenvalue weighted by molar-refractivity contribution is -0.135. The zero-order valence-corrected chi connectivity index (χ0v) is 15.5. The highest BCUT2D eigenvalue weighted by Gasteiger charge is 2.46. The highest BCUT2D eigenvalue weighted by atomic mass is 16.6. The third kappa shape index (κ3) is 3.05. The molecule has 2 aromatic rings. The highest BCUT2D eigenvalue weighted by Crippen LogP contribution is 2.32. The van der Waals surface area contributed by atoms with Gasteiger partial charge in [-0.2, -0.15) is 5.10 Å². The molecule has 4 rings (SSSR count). The quantitative estimate of drug-likeness (QED) is 0.792. The van der Waals surface area contributed by atoms with Crippen molar-refractivity contribution in [3.63, 3.8) is 0 Å². The lowest BCUT2D eigenvalue weighted by Gasteiger charge is -2.37. The molecule has 2 aliphatic rings. The fraction of sp³-hybridized carbons (Fsp3) is 0.474. The standard InChI is InChI=1S/C19H22N4O4/c1-13-14-5-3-4-6-15(14)17(25)23(20-13)11-16(24)22-9-7-19(8-10-22)12-21(2)18(26)27-19/h3-6H,7-12H2,1-2H3. The van der Waals surface area contributed by atoms with Gasteiger partial charge in [0.05, 0.1) is 17.6 Å². The van der Waals surface area contributed by atoms with Crippen molar-refractivity contribution < 1.29 is 14.3 Å². The van der Waals surface area contributed by atoms with Crippen molar-refractivity contribution in [2.45, 2.75) is 31.9 Å². The van der Waals surface area contributed by atoms with Crippen LogP contribution in [0.25, 0.3) is 10.8 Å². The highest BCUT2D eigenvalue weighted by molar-refractivity contribution is 5.83. The zero-order chi connectivity index (χ0) is 19.2. The van der Waals surface area contributed by atoms with Gasteiger partial charge in [-0.05, 0) is 13.0 Å². The fourth-order valence-corrected chi connectivity index (χ4v) is 3.96. The molecule has 2 aliphatic heterocycles. The Bertz CT molecular complexity index is 975. The van der Waals surface area contributed by atoms with Gasteiger partial charge in [0.25, 0.3) is 5.56 Å². The van der Waals surface area contributed by atoms with E-state index in [4.69, 9.17) is 4.74 Å². The van der Waals surface area contributed by atoms with Crippen LogP contribution in [0.3, 0.4) is 0 Å². The summed E-state index contributed by atoms with van der Waals surface area (Å²) < 4.78 is 6.76. The number of carbonyl (C=O) groups is 2. The van der Waals surface area contributed by atoms with Crippen molar-refractivity contribution in [2.75, 3.05) is 26.7 Å². The first kappa shape index (κ1) is 17.5. The van der Waals surface area contributed by atoms with Crippen LogP contribution in [-0.4, -0.2) is 63.9 Å². The predicted molar refractivity (Wildman–Crippen MR) is 98.4 cm³/mol. The van der Waals surface area contributed by atoms with Crippen LogP contribution in [0.4, 0.5) is 4.79 Å². The molecule has 1 aromatic carbocycles. The summed E-state index contributed by atoms with van der Waals surface area (Å²) in [4.78, 5) is 40.3. The van der Waals surface area contributed by atoms with Crippen molar-refractivity contribution in [3.05, 3.63) is 40.3 Å². The van der Waals surface area contributed by atoms with Crippen molar-refractivity contribution >= 4 is 22.8 Å². The normalized spacial score (nSPS) is 19.0. The number of likely N-dealkylation sites (N-methyl/N-ethyl adjacent to an activating group) is 1. The number of ether oxygens (including phenoxy) is 1. The van der Waals surface area contributed by atoms with Crippen LogP contribution in [0, 0.1) is 6.92 Å². The van der Waals surface area contributed by atoms with Gasteiger partial charge in [0.1, 0.15) is 12.1 Å². The summed E-state index contributed by atoms with van der Waals surface area (Å²) >= 11 is 0. The monoisotopic (exact) mass is 370 g/mol. The molecule has 0 aliphatic carbocycles. The number of carbonyl (C=O) groups excluding carboxylic acids is 2. The molecule has 8 heteroatoms. The van der Waals surface area contributed by atoms with Crippen molar-refractivity contribution in [1.29, 1.82) is 0 Å². The second-order valence-electron chi connectivity index (χ2n) is 7.38. The van der Waals surface area contributed by atoms with Gasteiger partial charge in [-0.25, -0.2) is 9.48 Å². The number of amides is 2. The van der Waals surface area contributed by atoms with Crippen LogP contribution < -0.4 is 5.56 Å². The minimum Gasteiger partial charge on any atom is -0.441 e. The van der Waals surface area contributed by atoms with Gasteiger partial charge >= 0.3 is 6.09 Å². The van der Waals surface area contributed by atoms with Crippen LogP contribution in [-0.2, 0) is 16.1 Å². The van der Waals surface area contributed by atoms with E-state index in [0.29, 0.717) is 37.9 Å². The third-order valence-electron chi connectivity index (χ3n) is 5.51. The molecular formula is C19H22N4O4. The molecule has 2 amide bonds. The van der Waals surface area contributed by atoms with Crippen molar-refractivity contribution in [1.82, 2.24) is 19.6 Å². The molecule has 8 nitrogen and oxygen atoms in total. The second kappa shape index (κ2) is 6.37. The molecule has 3 heterocycles. The van der Waals surface area contributed by atoms with E-state index in [1.165, 1.54) is 4.68 Å². The molecule has 27 heavy (non-hydrogen) atoms. The maximum Gasteiger partial charge on any atom is 0.410 e. The largest absolute Gasteiger partial charge is 0.441 e. The lowest BCUT2D eigenvalue weighted by Crippen LogP contribution is -2.49. The average Bonchev–Trinajstić information content (AvgIpc) is 2.93. The fourth-order valence-electron chi connectivity index (χ4n) is 3.96. The Morgan fingerprint density at radius 3 is 2.48 bits per heavy atom. The van der Waals surface area contributed by atoms with E-state index < -0.39 is 5.60 Å². The number of piperidine rings is 1. The summed E-state index contributed by atoms with van der Waals surface area (Å²) in [5.41, 5.74) is -0.0297. The maximum atomic E-state index is 12.7. The molecule has 0 atom stereocenters. The first-order valence-corrected chi connectivity index (χ1v) is 9.07. The molecule has 142 valence electrons. The van der Waals surface area contributed by atoms with Gasteiger partial charge in [0, 0.05) is 38.4 Å². The maximum absolute atomic E-state index is 12.7. The number of rotatable bonds is 2. The minimum absolute atomic E-state index is 0.0861. The Balaban J connectivity index is 1.48. The molecule has 0 radical (unpaired) electrons. The molecule has 0 saturated carbocycles. The Labute approximate surface area is 156 Å². The average molecular weight is 370 g/mol. The van der Waals surface area contributed by atoms with Crippen molar-refractivity contribution in [2.24, 2.45) is 0 Å². The van der Waals surface area contributed by atoms with Gasteiger partial charge in [0.2, 0.25) is 5.91 Å². The number of nitrogens with zero attached hydrogens (tertiary/aromatic N) is 4. The molecule has 2 saturated heterocycles. The van der Waals surface area contributed by atoms with Crippen LogP contribution in [0.15, 0.2) is 29.1 Å². The van der Waals surface area contributed by atoms with Gasteiger partial charge < -0.3 is 14.5 Å². The first-order valence-electron chi connectivity index (χ1n) is 9.07. The number of hydrogen-bond acceptors (Lipinski definition) is 5. The van der Waals surface area contributed by atoms with E-state index in [0.717, 1.165) is 11.1 Å². The zero-order valence-electron chi connectivity index (χ0n) is 15.5. The number of hydrogen-bond donors (Lipinski definition) is 0. The summed E-state index contributed by atoms with van der Waals surface area (Å²) in [5, 5.41) is 5.68. The number of fused-ring (bicyclic) bond motifs is 1. The molecule has 1 spiro atoms. The van der Waals surface area contributed by atoms with Crippen LogP contribution in [0.1, 0.15) is 18.5 Å². The van der Waals surface area contributed by atoms with Crippen LogP contribution >= 0.6 is 0 Å². The summed E-state index contributed by atoms with van der Waals surface area (Å²) in [5.74, 6) is -0.146. The van der Waals surface area contributed by atoms with Gasteiger partial charge in [-0.1, -0.05) is 18.2 Å². The van der Waals surface area contributed by atoms with E-state index in [1.807, 2.05) is 19.1 Å². The summed E-state index contributed by atoms with van der Waals surface area (Å²) in [6.45, 7) is 3.30. The minimum atomic E-state index is -0.489. The first-order chi connectivity index (χ1) is 12.9. The Morgan fingerprint density at radius 1 is 1.19 bits per heavy atom. The van der Waals surface area contributed by atoms with Crippen molar-refractivity contribution in [3.8, 4) is 0 Å². The number of aromatic nitrogens is 2. The van der Waals surface area contributed by atoms with E-state index in [2.05, 4.69) is 5.10 Å². The molecule has 1 aromatic heterocycles. The third-order valence-corrected chi connectivity index (χ3v) is 5.51. The lowest BCUT2D eigenvalue weighted by atomic mass is 9.91. The van der Waals surface area contributed by atoms with E-state index in [-0.39, 0.29) is 24.1 Å². The Morgan fingerprint density at radius 2 is 1.85 bits per heavy atom. The second-order valence-corrected chi connectivity index (χ2v) is 7.38. The van der Waals surface area contributed by atoms with Crippen LogP contribution in [0.5, 0.6) is 0 Å². The Hall–Kier alpha value is -2.90. The smallest absolute Gasteiger partial charge is 0.410 e.